The zero-order valence-corrected chi connectivity index (χ0v) is 9.79. The van der Waals surface area contributed by atoms with E-state index < -0.39 is 17.2 Å². The summed E-state index contributed by atoms with van der Waals surface area (Å²) in [6.45, 7) is 0. The molecule has 0 aromatic heterocycles. The number of fused-ring (bicyclic) bond motifs is 1. The van der Waals surface area contributed by atoms with Crippen molar-refractivity contribution in [3.8, 4) is 0 Å². The van der Waals surface area contributed by atoms with Gasteiger partial charge in [0.1, 0.15) is 11.6 Å². The van der Waals surface area contributed by atoms with Gasteiger partial charge in [0.25, 0.3) is 0 Å². The van der Waals surface area contributed by atoms with Crippen LogP contribution in [-0.4, -0.2) is 0 Å². The third kappa shape index (κ3) is 1.71. The van der Waals surface area contributed by atoms with Crippen molar-refractivity contribution < 1.29 is 8.78 Å². The second kappa shape index (κ2) is 3.89. The highest BCUT2D eigenvalue weighted by atomic mass is 19.1. The molecule has 1 aliphatic rings. The van der Waals surface area contributed by atoms with Crippen LogP contribution in [-0.2, 0) is 18.4 Å². The van der Waals surface area contributed by atoms with Crippen molar-refractivity contribution in [1.82, 2.24) is 0 Å². The van der Waals surface area contributed by atoms with Crippen LogP contribution in [0.15, 0.2) is 42.5 Å². The van der Waals surface area contributed by atoms with Crippen LogP contribution in [0.1, 0.15) is 16.7 Å². The number of rotatable bonds is 1. The van der Waals surface area contributed by atoms with Gasteiger partial charge in [-0.3, -0.25) is 0 Å². The molecule has 0 saturated heterocycles. The van der Waals surface area contributed by atoms with Crippen LogP contribution >= 0.6 is 0 Å². The molecule has 0 unspecified atom stereocenters. The molecule has 0 bridgehead atoms. The van der Waals surface area contributed by atoms with Crippen molar-refractivity contribution in [2.45, 2.75) is 18.4 Å². The minimum Gasteiger partial charge on any atom is -0.321 e. The smallest absolute Gasteiger partial charge is 0.128 e. The summed E-state index contributed by atoms with van der Waals surface area (Å²) in [4.78, 5) is 0. The van der Waals surface area contributed by atoms with E-state index in [0.717, 1.165) is 23.3 Å². The Labute approximate surface area is 104 Å². The summed E-state index contributed by atoms with van der Waals surface area (Å²) >= 11 is 0. The van der Waals surface area contributed by atoms with Crippen LogP contribution in [0.5, 0.6) is 0 Å². The average Bonchev–Trinajstić information content (AvgIpc) is 2.69. The molecule has 3 heteroatoms. The van der Waals surface area contributed by atoms with E-state index >= 15 is 0 Å². The number of benzene rings is 2. The van der Waals surface area contributed by atoms with Crippen LogP contribution in [0.25, 0.3) is 0 Å². The highest BCUT2D eigenvalue weighted by Crippen LogP contribution is 2.36. The van der Waals surface area contributed by atoms with Gasteiger partial charge in [-0.25, -0.2) is 8.78 Å². The van der Waals surface area contributed by atoms with Gasteiger partial charge < -0.3 is 5.73 Å². The topological polar surface area (TPSA) is 26.0 Å². The Kier molecular flexibility index (Phi) is 2.45. The Hall–Kier alpha value is -1.74. The Bertz CT molecular complexity index is 582. The van der Waals surface area contributed by atoms with Crippen LogP contribution in [0, 0.1) is 11.6 Å². The second-order valence-corrected chi connectivity index (χ2v) is 4.90. The summed E-state index contributed by atoms with van der Waals surface area (Å²) in [6.07, 6.45) is 1.09. The van der Waals surface area contributed by atoms with Gasteiger partial charge in [0.15, 0.2) is 0 Å². The summed E-state index contributed by atoms with van der Waals surface area (Å²) in [7, 11) is 0. The lowest BCUT2D eigenvalue weighted by Gasteiger charge is -2.24. The zero-order valence-electron chi connectivity index (χ0n) is 9.79. The minimum absolute atomic E-state index is 0.263. The maximum atomic E-state index is 13.8. The highest BCUT2D eigenvalue weighted by molar-refractivity contribution is 5.41. The van der Waals surface area contributed by atoms with E-state index in [9.17, 15) is 8.78 Å². The van der Waals surface area contributed by atoms with Gasteiger partial charge in [0.05, 0.1) is 5.54 Å². The van der Waals surface area contributed by atoms with Crippen molar-refractivity contribution in [3.63, 3.8) is 0 Å². The predicted molar refractivity (Wildman–Crippen MR) is 66.1 cm³/mol. The molecule has 0 aliphatic heterocycles. The Balaban J connectivity index is 2.06. The van der Waals surface area contributed by atoms with E-state index in [-0.39, 0.29) is 5.56 Å². The molecule has 18 heavy (non-hydrogen) atoms. The lowest BCUT2D eigenvalue weighted by atomic mass is 9.87. The molecule has 1 nitrogen and oxygen atoms in total. The van der Waals surface area contributed by atoms with E-state index in [4.69, 9.17) is 5.73 Å². The summed E-state index contributed by atoms with van der Waals surface area (Å²) in [6, 6.07) is 11.3. The number of hydrogen-bond acceptors (Lipinski definition) is 1. The Morgan fingerprint density at radius 1 is 0.944 bits per heavy atom. The maximum Gasteiger partial charge on any atom is 0.128 e. The van der Waals surface area contributed by atoms with Crippen molar-refractivity contribution in [2.24, 2.45) is 5.73 Å². The molecule has 0 heterocycles. The van der Waals surface area contributed by atoms with Crippen molar-refractivity contribution >= 4 is 0 Å². The number of nitrogens with two attached hydrogens (primary N) is 1. The van der Waals surface area contributed by atoms with Crippen LogP contribution < -0.4 is 5.73 Å². The first-order valence-electron chi connectivity index (χ1n) is 5.90. The number of hydrogen-bond donors (Lipinski definition) is 1. The van der Waals surface area contributed by atoms with Crippen LogP contribution in [0.4, 0.5) is 8.78 Å². The van der Waals surface area contributed by atoms with E-state index in [0.29, 0.717) is 12.8 Å². The van der Waals surface area contributed by atoms with Crippen LogP contribution in [0.3, 0.4) is 0 Å². The molecule has 1 aliphatic carbocycles. The second-order valence-electron chi connectivity index (χ2n) is 4.90. The van der Waals surface area contributed by atoms with Gasteiger partial charge in [-0.15, -0.1) is 0 Å². The molecule has 2 N–H and O–H groups in total. The summed E-state index contributed by atoms with van der Waals surface area (Å²) in [5.41, 5.74) is 7.95. The molecular formula is C15H13F2N. The molecule has 0 fully saturated rings. The van der Waals surface area contributed by atoms with Crippen molar-refractivity contribution in [2.75, 3.05) is 0 Å². The van der Waals surface area contributed by atoms with Gasteiger partial charge in [-0.05, 0) is 42.2 Å². The molecule has 0 radical (unpaired) electrons. The summed E-state index contributed by atoms with van der Waals surface area (Å²) in [5.74, 6) is -0.890. The van der Waals surface area contributed by atoms with Crippen molar-refractivity contribution in [3.05, 3.63) is 70.8 Å². The first-order valence-corrected chi connectivity index (χ1v) is 5.90. The molecule has 2 aromatic rings. The molecule has 0 saturated carbocycles. The Morgan fingerprint density at radius 2 is 1.56 bits per heavy atom. The van der Waals surface area contributed by atoms with E-state index in [1.54, 1.807) is 0 Å². The molecular weight excluding hydrogens is 232 g/mol. The third-order valence-electron chi connectivity index (χ3n) is 3.59. The fraction of sp³-hybridized carbons (Fsp3) is 0.200. The minimum atomic E-state index is -0.837. The zero-order chi connectivity index (χ0) is 12.8. The van der Waals surface area contributed by atoms with Gasteiger partial charge in [-0.2, -0.15) is 0 Å². The van der Waals surface area contributed by atoms with E-state index in [2.05, 4.69) is 0 Å². The summed E-state index contributed by atoms with van der Waals surface area (Å²) in [5, 5.41) is 0. The van der Waals surface area contributed by atoms with Gasteiger partial charge in [0.2, 0.25) is 0 Å². The summed E-state index contributed by atoms with van der Waals surface area (Å²) < 4.78 is 27.1. The van der Waals surface area contributed by atoms with Crippen LogP contribution in [0.2, 0.25) is 0 Å². The fourth-order valence-corrected chi connectivity index (χ4v) is 2.71. The van der Waals surface area contributed by atoms with Gasteiger partial charge >= 0.3 is 0 Å². The number of halogens is 2. The quantitative estimate of drug-likeness (QED) is 0.821. The molecule has 0 spiro atoms. The Morgan fingerprint density at radius 3 is 2.17 bits per heavy atom. The lowest BCUT2D eigenvalue weighted by molar-refractivity contribution is 0.437. The first kappa shape index (κ1) is 11.4. The first-order chi connectivity index (χ1) is 8.58. The molecule has 2 aromatic carbocycles. The normalized spacial score (nSPS) is 16.6. The third-order valence-corrected chi connectivity index (χ3v) is 3.59. The SMILES string of the molecule is NC1(c2cc(F)ccc2F)Cc2ccccc2C1. The molecule has 0 atom stereocenters. The monoisotopic (exact) mass is 245 g/mol. The molecule has 0 amide bonds. The fourth-order valence-electron chi connectivity index (χ4n) is 2.71. The van der Waals surface area contributed by atoms with Gasteiger partial charge in [-0.1, -0.05) is 24.3 Å². The lowest BCUT2D eigenvalue weighted by Crippen LogP contribution is -2.38. The standard InChI is InChI=1S/C15H13F2N/c16-12-5-6-14(17)13(7-12)15(18)8-10-3-1-2-4-11(10)9-15/h1-7H,8-9,18H2. The molecule has 3 rings (SSSR count). The van der Waals surface area contributed by atoms with E-state index in [1.807, 2.05) is 24.3 Å². The maximum absolute atomic E-state index is 13.8. The predicted octanol–water partition coefficient (Wildman–Crippen LogP) is 2.92. The largest absolute Gasteiger partial charge is 0.321 e. The average molecular weight is 245 g/mol. The van der Waals surface area contributed by atoms with Crippen molar-refractivity contribution in [1.29, 1.82) is 0 Å². The molecule has 92 valence electrons. The highest BCUT2D eigenvalue weighted by Gasteiger charge is 2.37. The van der Waals surface area contributed by atoms with Gasteiger partial charge in [0, 0.05) is 5.56 Å². The van der Waals surface area contributed by atoms with E-state index in [1.165, 1.54) is 6.07 Å².